The van der Waals surface area contributed by atoms with Gasteiger partial charge in [-0.05, 0) is 17.0 Å². The largest absolute Gasteiger partial charge is 0.123 e. The van der Waals surface area contributed by atoms with E-state index in [0.717, 1.165) is 0 Å². The minimum Gasteiger partial charge on any atom is -0.123 e. The molecule has 0 spiro atoms. The van der Waals surface area contributed by atoms with Gasteiger partial charge < -0.3 is 0 Å². The molecule has 1 radical (unpaired) electrons. The molecule has 0 saturated heterocycles. The standard InChI is InChI=1S/C13H19S/c1-10(2)14-12-8-6-7-11(9-12)13(3,4)5/h6-8,10H,1-5H3. The van der Waals surface area contributed by atoms with E-state index in [0.29, 0.717) is 5.25 Å². The van der Waals surface area contributed by atoms with E-state index in [2.05, 4.69) is 58.9 Å². The van der Waals surface area contributed by atoms with Crippen molar-refractivity contribution < 1.29 is 0 Å². The number of benzene rings is 1. The van der Waals surface area contributed by atoms with Crippen LogP contribution in [0.25, 0.3) is 0 Å². The van der Waals surface area contributed by atoms with Crippen molar-refractivity contribution in [2.24, 2.45) is 0 Å². The molecule has 1 heteroatoms. The molecular formula is C13H19S. The van der Waals surface area contributed by atoms with E-state index in [4.69, 9.17) is 0 Å². The van der Waals surface area contributed by atoms with Gasteiger partial charge in [0.2, 0.25) is 0 Å². The van der Waals surface area contributed by atoms with Crippen molar-refractivity contribution in [1.29, 1.82) is 0 Å². The lowest BCUT2D eigenvalue weighted by atomic mass is 9.87. The SMILES string of the molecule is CC(C)Sc1[c]c(C(C)(C)C)ccc1. The highest BCUT2D eigenvalue weighted by Gasteiger charge is 2.14. The molecule has 0 amide bonds. The second kappa shape index (κ2) is 4.39. The summed E-state index contributed by atoms with van der Waals surface area (Å²) in [6.45, 7) is 11.1. The van der Waals surface area contributed by atoms with E-state index in [1.165, 1.54) is 10.5 Å². The van der Waals surface area contributed by atoms with Crippen LogP contribution in [-0.2, 0) is 5.41 Å². The van der Waals surface area contributed by atoms with Gasteiger partial charge in [0.15, 0.2) is 0 Å². The van der Waals surface area contributed by atoms with Crippen LogP contribution >= 0.6 is 11.8 Å². The van der Waals surface area contributed by atoms with Crippen molar-refractivity contribution in [2.75, 3.05) is 0 Å². The predicted molar refractivity (Wildman–Crippen MR) is 65.0 cm³/mol. The minimum atomic E-state index is 0.202. The van der Waals surface area contributed by atoms with Crippen LogP contribution in [0, 0.1) is 6.07 Å². The van der Waals surface area contributed by atoms with Crippen molar-refractivity contribution >= 4 is 11.8 Å². The molecule has 0 nitrogen and oxygen atoms in total. The number of hydrogen-bond donors (Lipinski definition) is 0. The Bertz CT molecular complexity index is 294. The highest BCUT2D eigenvalue weighted by molar-refractivity contribution is 7.99. The van der Waals surface area contributed by atoms with Gasteiger partial charge in [-0.15, -0.1) is 11.8 Å². The van der Waals surface area contributed by atoms with Gasteiger partial charge in [-0.1, -0.05) is 46.8 Å². The predicted octanol–water partition coefficient (Wildman–Crippen LogP) is 4.28. The molecule has 77 valence electrons. The summed E-state index contributed by atoms with van der Waals surface area (Å²) in [5, 5.41) is 0.626. The molecule has 0 heterocycles. The van der Waals surface area contributed by atoms with E-state index in [9.17, 15) is 0 Å². The van der Waals surface area contributed by atoms with Gasteiger partial charge in [0, 0.05) is 16.2 Å². The molecule has 0 bridgehead atoms. The summed E-state index contributed by atoms with van der Waals surface area (Å²) in [5.41, 5.74) is 1.50. The van der Waals surface area contributed by atoms with Crippen molar-refractivity contribution in [3.05, 3.63) is 29.8 Å². The first-order chi connectivity index (χ1) is 6.39. The molecule has 0 N–H and O–H groups in total. The quantitative estimate of drug-likeness (QED) is 0.652. The molecule has 0 aliphatic heterocycles. The van der Waals surface area contributed by atoms with Crippen LogP contribution in [0.3, 0.4) is 0 Å². The third-order valence-electron chi connectivity index (χ3n) is 1.94. The topological polar surface area (TPSA) is 0 Å². The summed E-state index contributed by atoms with van der Waals surface area (Å²) in [6.07, 6.45) is 0. The molecule has 1 rings (SSSR count). The van der Waals surface area contributed by atoms with E-state index in [1.807, 2.05) is 11.8 Å². The normalized spacial score (nSPS) is 12.1. The first-order valence-corrected chi connectivity index (χ1v) is 5.97. The molecule has 0 aliphatic carbocycles. The van der Waals surface area contributed by atoms with Gasteiger partial charge in [0.05, 0.1) is 0 Å². The Kier molecular flexibility index (Phi) is 3.65. The van der Waals surface area contributed by atoms with Crippen LogP contribution in [0.5, 0.6) is 0 Å². The van der Waals surface area contributed by atoms with Crippen LogP contribution in [0.4, 0.5) is 0 Å². The van der Waals surface area contributed by atoms with E-state index in [-0.39, 0.29) is 5.41 Å². The van der Waals surface area contributed by atoms with Gasteiger partial charge >= 0.3 is 0 Å². The first kappa shape index (κ1) is 11.6. The smallest absolute Gasteiger partial charge is 0.0157 e. The summed E-state index contributed by atoms with van der Waals surface area (Å²) in [4.78, 5) is 1.26. The van der Waals surface area contributed by atoms with Gasteiger partial charge in [0.1, 0.15) is 0 Å². The Morgan fingerprint density at radius 1 is 1.21 bits per heavy atom. The van der Waals surface area contributed by atoms with Crippen molar-refractivity contribution in [1.82, 2.24) is 0 Å². The lowest BCUT2D eigenvalue weighted by Gasteiger charge is -2.19. The maximum absolute atomic E-state index is 3.48. The minimum absolute atomic E-state index is 0.202. The summed E-state index contributed by atoms with van der Waals surface area (Å²) >= 11 is 1.87. The Morgan fingerprint density at radius 3 is 2.36 bits per heavy atom. The van der Waals surface area contributed by atoms with Gasteiger partial charge in [-0.3, -0.25) is 0 Å². The summed E-state index contributed by atoms with van der Waals surface area (Å²) in [6, 6.07) is 9.90. The second-order valence-corrected chi connectivity index (χ2v) is 6.46. The average molecular weight is 207 g/mol. The third-order valence-corrected chi connectivity index (χ3v) is 2.90. The van der Waals surface area contributed by atoms with Crippen LogP contribution in [0.2, 0.25) is 0 Å². The van der Waals surface area contributed by atoms with Crippen LogP contribution in [0.15, 0.2) is 23.1 Å². The molecule has 0 unspecified atom stereocenters. The average Bonchev–Trinajstić information content (AvgIpc) is 2.01. The van der Waals surface area contributed by atoms with E-state index in [1.54, 1.807) is 0 Å². The Hall–Kier alpha value is -0.430. The number of rotatable bonds is 2. The molecule has 1 aromatic rings. The third kappa shape index (κ3) is 3.38. The molecule has 1 aromatic carbocycles. The summed E-state index contributed by atoms with van der Waals surface area (Å²) < 4.78 is 0. The fourth-order valence-corrected chi connectivity index (χ4v) is 2.04. The molecule has 0 saturated carbocycles. The highest BCUT2D eigenvalue weighted by Crippen LogP contribution is 2.28. The zero-order chi connectivity index (χ0) is 10.8. The first-order valence-electron chi connectivity index (χ1n) is 5.09. The monoisotopic (exact) mass is 207 g/mol. The van der Waals surface area contributed by atoms with Crippen molar-refractivity contribution in [3.8, 4) is 0 Å². The molecule has 0 atom stereocenters. The lowest BCUT2D eigenvalue weighted by Crippen LogP contribution is -2.11. The molecule has 0 aliphatic rings. The lowest BCUT2D eigenvalue weighted by molar-refractivity contribution is 0.587. The Labute approximate surface area is 92.1 Å². The van der Waals surface area contributed by atoms with Gasteiger partial charge in [0.25, 0.3) is 0 Å². The zero-order valence-corrected chi connectivity index (χ0v) is 10.5. The van der Waals surface area contributed by atoms with Crippen molar-refractivity contribution in [3.63, 3.8) is 0 Å². The van der Waals surface area contributed by atoms with E-state index < -0.39 is 0 Å². The summed E-state index contributed by atoms with van der Waals surface area (Å²) in [5.74, 6) is 0. The van der Waals surface area contributed by atoms with Gasteiger partial charge in [-0.25, -0.2) is 0 Å². The number of thioether (sulfide) groups is 1. The molecule has 0 fully saturated rings. The number of hydrogen-bond acceptors (Lipinski definition) is 1. The summed E-state index contributed by atoms with van der Waals surface area (Å²) in [7, 11) is 0. The Balaban J connectivity index is 2.90. The zero-order valence-electron chi connectivity index (χ0n) is 9.72. The van der Waals surface area contributed by atoms with Crippen LogP contribution in [0.1, 0.15) is 40.2 Å². The molecule has 14 heavy (non-hydrogen) atoms. The molecular weight excluding hydrogens is 188 g/mol. The Morgan fingerprint density at radius 2 is 1.86 bits per heavy atom. The second-order valence-electron chi connectivity index (χ2n) is 4.85. The van der Waals surface area contributed by atoms with Crippen LogP contribution < -0.4 is 0 Å². The van der Waals surface area contributed by atoms with Crippen LogP contribution in [-0.4, -0.2) is 5.25 Å². The van der Waals surface area contributed by atoms with Gasteiger partial charge in [-0.2, -0.15) is 0 Å². The maximum atomic E-state index is 3.48. The molecule has 0 aromatic heterocycles. The van der Waals surface area contributed by atoms with Crippen molar-refractivity contribution in [2.45, 2.75) is 50.2 Å². The maximum Gasteiger partial charge on any atom is 0.0157 e. The fraction of sp³-hybridized carbons (Fsp3) is 0.538. The highest BCUT2D eigenvalue weighted by atomic mass is 32.2. The van der Waals surface area contributed by atoms with E-state index >= 15 is 0 Å². The fourth-order valence-electron chi connectivity index (χ4n) is 1.21.